The first kappa shape index (κ1) is 22.8. The number of carbonyl (C=O) groups excluding carboxylic acids is 2. The maximum absolute atomic E-state index is 12.6. The molecule has 0 spiro atoms. The molecule has 0 bridgehead atoms. The molecule has 0 atom stereocenters. The maximum atomic E-state index is 12.6. The number of hydrogen-bond donors (Lipinski definition) is 1. The standard InChI is InChI=1S/C19H17Cl3N2O5S/c20-14-6-7-15(21)18(22)17(14)19(26)29-11-16(25)23-12-4-3-5-13(10-12)30(27,28)24-8-1-2-9-24/h3-7,10H,1-2,8-9,11H2,(H,23,25). The van der Waals surface area contributed by atoms with Crippen LogP contribution in [0.1, 0.15) is 23.2 Å². The minimum atomic E-state index is -3.62. The molecular weight excluding hydrogens is 475 g/mol. The molecule has 1 aliphatic heterocycles. The van der Waals surface area contributed by atoms with E-state index >= 15 is 0 Å². The first-order valence-electron chi connectivity index (χ1n) is 8.91. The lowest BCUT2D eigenvalue weighted by Crippen LogP contribution is -2.28. The lowest BCUT2D eigenvalue weighted by molar-refractivity contribution is -0.119. The summed E-state index contributed by atoms with van der Waals surface area (Å²) in [4.78, 5) is 24.5. The average molecular weight is 492 g/mol. The lowest BCUT2D eigenvalue weighted by Gasteiger charge is -2.16. The van der Waals surface area contributed by atoms with E-state index in [2.05, 4.69) is 5.32 Å². The monoisotopic (exact) mass is 490 g/mol. The van der Waals surface area contributed by atoms with Crippen LogP contribution in [0, 0.1) is 0 Å². The summed E-state index contributed by atoms with van der Waals surface area (Å²) in [7, 11) is -3.62. The third-order valence-corrected chi connectivity index (χ3v) is 7.42. The van der Waals surface area contributed by atoms with Gasteiger partial charge < -0.3 is 10.1 Å². The highest BCUT2D eigenvalue weighted by Gasteiger charge is 2.27. The molecule has 1 saturated heterocycles. The van der Waals surface area contributed by atoms with Gasteiger partial charge >= 0.3 is 5.97 Å². The number of ether oxygens (including phenoxy) is 1. The fraction of sp³-hybridized carbons (Fsp3) is 0.263. The van der Waals surface area contributed by atoms with E-state index in [4.69, 9.17) is 39.5 Å². The van der Waals surface area contributed by atoms with Crippen molar-refractivity contribution in [1.29, 1.82) is 0 Å². The summed E-state index contributed by atoms with van der Waals surface area (Å²) < 4.78 is 31.7. The van der Waals surface area contributed by atoms with Crippen molar-refractivity contribution in [3.8, 4) is 0 Å². The summed E-state index contributed by atoms with van der Waals surface area (Å²) in [6, 6.07) is 8.70. The second kappa shape index (κ2) is 9.53. The predicted molar refractivity (Wildman–Crippen MR) is 115 cm³/mol. The van der Waals surface area contributed by atoms with Gasteiger partial charge in [0.15, 0.2) is 6.61 Å². The van der Waals surface area contributed by atoms with Crippen LogP contribution in [0.3, 0.4) is 0 Å². The zero-order chi connectivity index (χ0) is 21.9. The zero-order valence-electron chi connectivity index (χ0n) is 15.5. The van der Waals surface area contributed by atoms with Crippen molar-refractivity contribution in [2.75, 3.05) is 25.0 Å². The second-order valence-electron chi connectivity index (χ2n) is 6.48. The maximum Gasteiger partial charge on any atom is 0.341 e. The average Bonchev–Trinajstić information content (AvgIpc) is 3.25. The van der Waals surface area contributed by atoms with Crippen LogP contribution in [0.4, 0.5) is 5.69 Å². The van der Waals surface area contributed by atoms with Crippen LogP contribution in [0.25, 0.3) is 0 Å². The molecule has 1 heterocycles. The Morgan fingerprint density at radius 2 is 1.70 bits per heavy atom. The second-order valence-corrected chi connectivity index (χ2v) is 9.61. The molecule has 11 heteroatoms. The van der Waals surface area contributed by atoms with E-state index in [1.807, 2.05) is 0 Å². The summed E-state index contributed by atoms with van der Waals surface area (Å²) in [6.45, 7) is 0.327. The number of hydrogen-bond acceptors (Lipinski definition) is 5. The fourth-order valence-corrected chi connectivity index (χ4v) is 5.17. The van der Waals surface area contributed by atoms with Gasteiger partial charge in [-0.05, 0) is 43.2 Å². The molecule has 1 N–H and O–H groups in total. The molecule has 1 aliphatic rings. The van der Waals surface area contributed by atoms with E-state index in [1.165, 1.54) is 40.7 Å². The Hall–Kier alpha value is -1.84. The molecule has 160 valence electrons. The highest BCUT2D eigenvalue weighted by Crippen LogP contribution is 2.32. The van der Waals surface area contributed by atoms with Gasteiger partial charge in [-0.25, -0.2) is 13.2 Å². The van der Waals surface area contributed by atoms with Crippen LogP contribution < -0.4 is 5.32 Å². The predicted octanol–water partition coefficient (Wildman–Crippen LogP) is 4.23. The fourth-order valence-electron chi connectivity index (χ4n) is 2.93. The number of nitrogens with one attached hydrogen (secondary N) is 1. The molecule has 3 rings (SSSR count). The van der Waals surface area contributed by atoms with Crippen molar-refractivity contribution >= 4 is 62.4 Å². The molecule has 0 saturated carbocycles. The van der Waals surface area contributed by atoms with Crippen LogP contribution in [-0.4, -0.2) is 44.3 Å². The summed E-state index contributed by atoms with van der Waals surface area (Å²) in [5.41, 5.74) is 0.118. The normalized spacial score (nSPS) is 14.5. The van der Waals surface area contributed by atoms with Gasteiger partial charge in [0.1, 0.15) is 0 Å². The number of nitrogens with zero attached hydrogens (tertiary/aromatic N) is 1. The van der Waals surface area contributed by atoms with Crippen LogP contribution in [-0.2, 0) is 19.6 Å². The number of rotatable bonds is 6. The summed E-state index contributed by atoms with van der Waals surface area (Å²) in [5.74, 6) is -1.57. The zero-order valence-corrected chi connectivity index (χ0v) is 18.6. The third-order valence-electron chi connectivity index (χ3n) is 4.40. The number of amides is 1. The Morgan fingerprint density at radius 3 is 2.40 bits per heavy atom. The largest absolute Gasteiger partial charge is 0.452 e. The Bertz CT molecular complexity index is 1090. The number of anilines is 1. The van der Waals surface area contributed by atoms with Crippen molar-refractivity contribution in [2.45, 2.75) is 17.7 Å². The van der Waals surface area contributed by atoms with Crippen molar-refractivity contribution < 1.29 is 22.7 Å². The summed E-state index contributed by atoms with van der Waals surface area (Å²) >= 11 is 17.8. The van der Waals surface area contributed by atoms with Gasteiger partial charge in [0, 0.05) is 18.8 Å². The summed E-state index contributed by atoms with van der Waals surface area (Å²) in [5, 5.41) is 2.58. The van der Waals surface area contributed by atoms with E-state index in [0.717, 1.165) is 12.8 Å². The highest BCUT2D eigenvalue weighted by atomic mass is 35.5. The minimum Gasteiger partial charge on any atom is -0.452 e. The van der Waals surface area contributed by atoms with Gasteiger partial charge in [0.05, 0.1) is 25.5 Å². The number of benzene rings is 2. The Labute approximate surface area is 188 Å². The van der Waals surface area contributed by atoms with E-state index in [0.29, 0.717) is 13.1 Å². The van der Waals surface area contributed by atoms with Gasteiger partial charge in [0.25, 0.3) is 5.91 Å². The van der Waals surface area contributed by atoms with Crippen LogP contribution in [0.2, 0.25) is 15.1 Å². The SMILES string of the molecule is O=C(COC(=O)c1c(Cl)ccc(Cl)c1Cl)Nc1cccc(S(=O)(=O)N2CCCC2)c1. The molecule has 0 radical (unpaired) electrons. The van der Waals surface area contributed by atoms with Crippen molar-refractivity contribution in [1.82, 2.24) is 4.31 Å². The Balaban J connectivity index is 1.65. The first-order valence-corrected chi connectivity index (χ1v) is 11.5. The number of halogens is 3. The number of carbonyl (C=O) groups is 2. The van der Waals surface area contributed by atoms with Crippen molar-refractivity contribution in [3.05, 3.63) is 57.0 Å². The van der Waals surface area contributed by atoms with Crippen molar-refractivity contribution in [2.24, 2.45) is 0 Å². The highest BCUT2D eigenvalue weighted by molar-refractivity contribution is 7.89. The quantitative estimate of drug-likeness (QED) is 0.482. The van der Waals surface area contributed by atoms with Crippen LogP contribution >= 0.6 is 34.8 Å². The molecular formula is C19H17Cl3N2O5S. The van der Waals surface area contributed by atoms with Crippen LogP contribution in [0.5, 0.6) is 0 Å². The topological polar surface area (TPSA) is 92.8 Å². The number of esters is 1. The molecule has 1 fully saturated rings. The molecule has 0 aromatic heterocycles. The van der Waals surface area contributed by atoms with Crippen LogP contribution in [0.15, 0.2) is 41.3 Å². The molecule has 0 aliphatic carbocycles. The molecule has 7 nitrogen and oxygen atoms in total. The van der Waals surface area contributed by atoms with E-state index in [9.17, 15) is 18.0 Å². The third kappa shape index (κ3) is 5.07. The van der Waals surface area contributed by atoms with E-state index in [1.54, 1.807) is 0 Å². The van der Waals surface area contributed by atoms with Gasteiger partial charge in [-0.15, -0.1) is 0 Å². The minimum absolute atomic E-state index is 0.0367. The smallest absolute Gasteiger partial charge is 0.341 e. The Kier molecular flexibility index (Phi) is 7.26. The van der Waals surface area contributed by atoms with Gasteiger partial charge in [0.2, 0.25) is 10.0 Å². The molecule has 1 amide bonds. The first-order chi connectivity index (χ1) is 14.2. The lowest BCUT2D eigenvalue weighted by atomic mass is 10.2. The Morgan fingerprint density at radius 1 is 1.03 bits per heavy atom. The molecule has 2 aromatic carbocycles. The van der Waals surface area contributed by atoms with E-state index < -0.39 is 28.5 Å². The molecule has 0 unspecified atom stereocenters. The van der Waals surface area contributed by atoms with Gasteiger partial charge in [-0.2, -0.15) is 4.31 Å². The number of sulfonamides is 1. The van der Waals surface area contributed by atoms with Gasteiger partial charge in [-0.1, -0.05) is 40.9 Å². The molecule has 2 aromatic rings. The van der Waals surface area contributed by atoms with Gasteiger partial charge in [-0.3, -0.25) is 4.79 Å². The molecule has 30 heavy (non-hydrogen) atoms. The van der Waals surface area contributed by atoms with E-state index in [-0.39, 0.29) is 31.2 Å². The van der Waals surface area contributed by atoms with Crippen molar-refractivity contribution in [3.63, 3.8) is 0 Å². The summed E-state index contributed by atoms with van der Waals surface area (Å²) in [6.07, 6.45) is 1.64.